The number of methoxy groups -OCH3 is 1. The Balaban J connectivity index is 1.97. The van der Waals surface area contributed by atoms with E-state index in [0.29, 0.717) is 28.0 Å². The van der Waals surface area contributed by atoms with Gasteiger partial charge in [-0.2, -0.15) is 0 Å². The van der Waals surface area contributed by atoms with Crippen LogP contribution in [0.1, 0.15) is 29.8 Å². The number of ether oxygens (including phenoxy) is 2. The molecule has 0 saturated carbocycles. The third-order valence-corrected chi connectivity index (χ3v) is 4.44. The summed E-state index contributed by atoms with van der Waals surface area (Å²) >= 11 is 12.3. The van der Waals surface area contributed by atoms with Gasteiger partial charge < -0.3 is 14.6 Å². The van der Waals surface area contributed by atoms with Crippen LogP contribution in [0.3, 0.4) is 0 Å². The summed E-state index contributed by atoms with van der Waals surface area (Å²) in [6, 6.07) is 10.8. The minimum atomic E-state index is -0.635. The maximum Gasteiger partial charge on any atom is 0.128 e. The van der Waals surface area contributed by atoms with Crippen molar-refractivity contribution >= 4 is 23.2 Å². The average molecular weight is 325 g/mol. The van der Waals surface area contributed by atoms with Crippen LogP contribution in [0.5, 0.6) is 11.5 Å². The van der Waals surface area contributed by atoms with Gasteiger partial charge in [0.2, 0.25) is 0 Å². The summed E-state index contributed by atoms with van der Waals surface area (Å²) in [7, 11) is 1.59. The molecule has 1 unspecified atom stereocenters. The van der Waals surface area contributed by atoms with Gasteiger partial charge in [-0.1, -0.05) is 35.3 Å². The number of fused-ring (bicyclic) bond motifs is 1. The normalized spacial score (nSPS) is 20.6. The quantitative estimate of drug-likeness (QED) is 0.880. The van der Waals surface area contributed by atoms with Gasteiger partial charge in [0.15, 0.2) is 0 Å². The molecule has 3 nitrogen and oxygen atoms in total. The van der Waals surface area contributed by atoms with E-state index in [9.17, 15) is 5.11 Å². The zero-order chi connectivity index (χ0) is 15.0. The van der Waals surface area contributed by atoms with E-state index in [1.54, 1.807) is 31.4 Å². The molecular weight excluding hydrogens is 311 g/mol. The molecule has 0 aliphatic carbocycles. The second-order valence-corrected chi connectivity index (χ2v) is 5.69. The molecule has 0 bridgehead atoms. The molecule has 1 heterocycles. The predicted molar refractivity (Wildman–Crippen MR) is 82.4 cm³/mol. The molecule has 0 aromatic heterocycles. The number of rotatable bonds is 2. The third kappa shape index (κ3) is 2.69. The first-order valence-electron chi connectivity index (χ1n) is 6.56. The number of hydrogen-bond donors (Lipinski definition) is 1. The fraction of sp³-hybridized carbons (Fsp3) is 0.250. The Kier molecular flexibility index (Phi) is 3.98. The van der Waals surface area contributed by atoms with Crippen molar-refractivity contribution in [3.05, 3.63) is 57.6 Å². The van der Waals surface area contributed by atoms with Gasteiger partial charge >= 0.3 is 0 Å². The number of benzene rings is 2. The van der Waals surface area contributed by atoms with Crippen molar-refractivity contribution < 1.29 is 14.6 Å². The molecular formula is C16H14Cl2O3. The Morgan fingerprint density at radius 2 is 2.00 bits per heavy atom. The van der Waals surface area contributed by atoms with Crippen molar-refractivity contribution in [2.45, 2.75) is 18.6 Å². The second-order valence-electron chi connectivity index (χ2n) is 4.90. The highest BCUT2D eigenvalue weighted by molar-refractivity contribution is 6.42. The first-order chi connectivity index (χ1) is 10.1. The zero-order valence-electron chi connectivity index (χ0n) is 11.3. The zero-order valence-corrected chi connectivity index (χ0v) is 12.9. The van der Waals surface area contributed by atoms with Crippen molar-refractivity contribution in [1.82, 2.24) is 0 Å². The van der Waals surface area contributed by atoms with E-state index in [-0.39, 0.29) is 6.10 Å². The van der Waals surface area contributed by atoms with Gasteiger partial charge in [-0.25, -0.2) is 0 Å². The summed E-state index contributed by atoms with van der Waals surface area (Å²) in [5.74, 6) is 1.33. The lowest BCUT2D eigenvalue weighted by atomic mass is 9.95. The van der Waals surface area contributed by atoms with Crippen molar-refractivity contribution in [2.75, 3.05) is 7.11 Å². The van der Waals surface area contributed by atoms with E-state index in [4.69, 9.17) is 32.7 Å². The molecule has 2 aromatic carbocycles. The van der Waals surface area contributed by atoms with Crippen LogP contribution < -0.4 is 9.47 Å². The van der Waals surface area contributed by atoms with E-state index in [0.717, 1.165) is 11.1 Å². The lowest BCUT2D eigenvalue weighted by Crippen LogP contribution is -2.19. The molecule has 0 radical (unpaired) electrons. The highest BCUT2D eigenvalue weighted by Gasteiger charge is 2.30. The number of aliphatic hydroxyl groups excluding tert-OH is 1. The van der Waals surface area contributed by atoms with Gasteiger partial charge in [-0.15, -0.1) is 0 Å². The van der Waals surface area contributed by atoms with Crippen LogP contribution in [-0.4, -0.2) is 12.2 Å². The van der Waals surface area contributed by atoms with Gasteiger partial charge in [-0.3, -0.25) is 0 Å². The van der Waals surface area contributed by atoms with E-state index in [1.807, 2.05) is 12.1 Å². The second kappa shape index (κ2) is 5.76. The van der Waals surface area contributed by atoms with Gasteiger partial charge in [-0.05, 0) is 24.3 Å². The summed E-state index contributed by atoms with van der Waals surface area (Å²) < 4.78 is 11.1. The summed E-state index contributed by atoms with van der Waals surface area (Å²) in [6.07, 6.45) is -0.545. The first kappa shape index (κ1) is 14.5. The highest BCUT2D eigenvalue weighted by Crippen LogP contribution is 2.44. The Hall–Kier alpha value is -1.42. The van der Waals surface area contributed by atoms with Crippen molar-refractivity contribution in [2.24, 2.45) is 0 Å². The minimum Gasteiger partial charge on any atom is -0.497 e. The topological polar surface area (TPSA) is 38.7 Å². The molecule has 1 aliphatic rings. The summed E-state index contributed by atoms with van der Waals surface area (Å²) in [4.78, 5) is 0. The van der Waals surface area contributed by atoms with E-state index in [2.05, 4.69) is 0 Å². The molecule has 5 heteroatoms. The van der Waals surface area contributed by atoms with Crippen LogP contribution >= 0.6 is 23.2 Å². The van der Waals surface area contributed by atoms with Crippen LogP contribution in [0.25, 0.3) is 0 Å². The molecule has 2 aromatic rings. The Morgan fingerprint density at radius 3 is 2.76 bits per heavy atom. The molecule has 3 rings (SSSR count). The molecule has 21 heavy (non-hydrogen) atoms. The highest BCUT2D eigenvalue weighted by atomic mass is 35.5. The van der Waals surface area contributed by atoms with Crippen molar-refractivity contribution in [1.29, 1.82) is 0 Å². The minimum absolute atomic E-state index is 0.327. The largest absolute Gasteiger partial charge is 0.497 e. The fourth-order valence-corrected chi connectivity index (χ4v) is 2.94. The van der Waals surface area contributed by atoms with Crippen LogP contribution in [0.4, 0.5) is 0 Å². The molecule has 0 fully saturated rings. The standard InChI is InChI=1S/C16H14Cl2O3/c1-20-9-5-6-14-11(7-9)13(19)8-15(21-14)10-3-2-4-12(17)16(10)18/h2-7,13,15,19H,8H2,1H3/t13-,15?/m1/s1. The lowest BCUT2D eigenvalue weighted by molar-refractivity contribution is 0.0655. The van der Waals surface area contributed by atoms with Crippen molar-refractivity contribution in [3.8, 4) is 11.5 Å². The van der Waals surface area contributed by atoms with E-state index < -0.39 is 6.10 Å². The third-order valence-electron chi connectivity index (χ3n) is 3.61. The van der Waals surface area contributed by atoms with Crippen LogP contribution in [0, 0.1) is 0 Å². The maximum absolute atomic E-state index is 10.4. The SMILES string of the molecule is COc1ccc2c(c1)[C@H](O)CC(c1cccc(Cl)c1Cl)O2. The summed E-state index contributed by atoms with van der Waals surface area (Å²) in [6.45, 7) is 0. The molecule has 0 spiro atoms. The van der Waals surface area contributed by atoms with Crippen LogP contribution in [-0.2, 0) is 0 Å². The molecule has 0 saturated heterocycles. The van der Waals surface area contributed by atoms with Gasteiger partial charge in [0, 0.05) is 17.5 Å². The maximum atomic E-state index is 10.4. The summed E-state index contributed by atoms with van der Waals surface area (Å²) in [5, 5.41) is 11.3. The number of halogens is 2. The molecule has 0 amide bonds. The van der Waals surface area contributed by atoms with E-state index in [1.165, 1.54) is 0 Å². The fourth-order valence-electron chi connectivity index (χ4n) is 2.51. The number of aliphatic hydroxyl groups is 1. The van der Waals surface area contributed by atoms with Crippen molar-refractivity contribution in [3.63, 3.8) is 0 Å². The Labute approximate surface area is 133 Å². The van der Waals surface area contributed by atoms with Gasteiger partial charge in [0.05, 0.1) is 23.3 Å². The average Bonchev–Trinajstić information content (AvgIpc) is 2.49. The van der Waals surface area contributed by atoms with E-state index >= 15 is 0 Å². The van der Waals surface area contributed by atoms with Gasteiger partial charge in [0.1, 0.15) is 17.6 Å². The van der Waals surface area contributed by atoms with Crippen LogP contribution in [0.15, 0.2) is 36.4 Å². The van der Waals surface area contributed by atoms with Crippen LogP contribution in [0.2, 0.25) is 10.0 Å². The molecule has 1 aliphatic heterocycles. The Bertz CT molecular complexity index is 673. The Morgan fingerprint density at radius 1 is 1.19 bits per heavy atom. The predicted octanol–water partition coefficient (Wildman–Crippen LogP) is 4.56. The lowest BCUT2D eigenvalue weighted by Gasteiger charge is -2.30. The molecule has 2 atom stereocenters. The summed E-state index contributed by atoms with van der Waals surface area (Å²) in [5.41, 5.74) is 1.51. The first-order valence-corrected chi connectivity index (χ1v) is 7.32. The molecule has 1 N–H and O–H groups in total. The van der Waals surface area contributed by atoms with Gasteiger partial charge in [0.25, 0.3) is 0 Å². The monoisotopic (exact) mass is 324 g/mol. The smallest absolute Gasteiger partial charge is 0.128 e. The molecule has 110 valence electrons. The number of hydrogen-bond acceptors (Lipinski definition) is 3.